The number of rotatable bonds is 2. The average molecular weight is 261 g/mol. The van der Waals surface area contributed by atoms with Crippen LogP contribution in [0.5, 0.6) is 0 Å². The predicted molar refractivity (Wildman–Crippen MR) is 57.3 cm³/mol. The van der Waals surface area contributed by atoms with Crippen LogP contribution in [0.4, 0.5) is 0 Å². The van der Waals surface area contributed by atoms with Crippen LogP contribution < -0.4 is 11.0 Å². The summed E-state index contributed by atoms with van der Waals surface area (Å²) in [6.45, 7) is 4.89. The first-order chi connectivity index (χ1) is 6.75. The fraction of sp³-hybridized carbons (Fsp3) is 0.625. The standard InChI is InChI=1S/C8H13BrN4O/c9-7-6(11-8(14)12-7)5-13-3-1-10-2-4-13/h10H,1-5H2,(H2,11,12,14). The molecule has 1 saturated heterocycles. The molecule has 0 aliphatic carbocycles. The Morgan fingerprint density at radius 2 is 2.00 bits per heavy atom. The summed E-state index contributed by atoms with van der Waals surface area (Å²) in [5, 5.41) is 3.29. The van der Waals surface area contributed by atoms with E-state index in [0.29, 0.717) is 0 Å². The lowest BCUT2D eigenvalue weighted by atomic mass is 10.3. The number of hydrogen-bond donors (Lipinski definition) is 3. The molecule has 1 aromatic rings. The van der Waals surface area contributed by atoms with Gasteiger partial charge in [0.1, 0.15) is 4.60 Å². The first kappa shape index (κ1) is 9.95. The molecule has 78 valence electrons. The maximum atomic E-state index is 11.0. The summed E-state index contributed by atoms with van der Waals surface area (Å²) in [6.07, 6.45) is 0. The van der Waals surface area contributed by atoms with E-state index in [-0.39, 0.29) is 5.69 Å². The third-order valence-corrected chi connectivity index (χ3v) is 3.02. The highest BCUT2D eigenvalue weighted by Gasteiger charge is 2.12. The lowest BCUT2D eigenvalue weighted by molar-refractivity contribution is 0.230. The topological polar surface area (TPSA) is 63.9 Å². The van der Waals surface area contributed by atoms with Gasteiger partial charge in [-0.2, -0.15) is 0 Å². The number of nitrogens with zero attached hydrogens (tertiary/aromatic N) is 1. The highest BCUT2D eigenvalue weighted by molar-refractivity contribution is 9.10. The van der Waals surface area contributed by atoms with Crippen molar-refractivity contribution in [3.8, 4) is 0 Å². The molecule has 0 saturated carbocycles. The molecule has 0 aromatic carbocycles. The van der Waals surface area contributed by atoms with E-state index in [9.17, 15) is 4.79 Å². The number of aromatic amines is 2. The van der Waals surface area contributed by atoms with Gasteiger partial charge in [0.25, 0.3) is 0 Å². The summed E-state index contributed by atoms with van der Waals surface area (Å²) in [7, 11) is 0. The Kier molecular flexibility index (Phi) is 3.05. The third-order valence-electron chi connectivity index (χ3n) is 2.34. The van der Waals surface area contributed by atoms with Crippen molar-refractivity contribution in [2.24, 2.45) is 0 Å². The highest BCUT2D eigenvalue weighted by Crippen LogP contribution is 2.11. The molecule has 1 fully saturated rings. The number of halogens is 1. The Morgan fingerprint density at radius 3 is 2.57 bits per heavy atom. The fourth-order valence-corrected chi connectivity index (χ4v) is 2.00. The second-order valence-electron chi connectivity index (χ2n) is 3.40. The number of hydrogen-bond acceptors (Lipinski definition) is 3. The van der Waals surface area contributed by atoms with Gasteiger partial charge in [0.2, 0.25) is 0 Å². The van der Waals surface area contributed by atoms with E-state index >= 15 is 0 Å². The number of aromatic nitrogens is 2. The van der Waals surface area contributed by atoms with E-state index in [2.05, 4.69) is 36.1 Å². The van der Waals surface area contributed by atoms with Crippen LogP contribution in [0.2, 0.25) is 0 Å². The van der Waals surface area contributed by atoms with Crippen LogP contribution in [-0.4, -0.2) is 41.0 Å². The van der Waals surface area contributed by atoms with E-state index in [1.54, 1.807) is 0 Å². The molecule has 5 nitrogen and oxygen atoms in total. The molecule has 0 radical (unpaired) electrons. The molecule has 1 aliphatic heterocycles. The summed E-state index contributed by atoms with van der Waals surface area (Å²) in [6, 6.07) is 0. The zero-order valence-electron chi connectivity index (χ0n) is 7.77. The SMILES string of the molecule is O=c1[nH]c(Br)c(CN2CCNCC2)[nH]1. The van der Waals surface area contributed by atoms with Gasteiger partial charge in [-0.25, -0.2) is 4.79 Å². The Hall–Kier alpha value is -0.590. The maximum absolute atomic E-state index is 11.0. The second-order valence-corrected chi connectivity index (χ2v) is 4.19. The summed E-state index contributed by atoms with van der Waals surface area (Å²) < 4.78 is 0.765. The minimum absolute atomic E-state index is 0.151. The average Bonchev–Trinajstić information content (AvgIpc) is 2.47. The van der Waals surface area contributed by atoms with E-state index in [4.69, 9.17) is 0 Å². The number of H-pyrrole nitrogens is 2. The van der Waals surface area contributed by atoms with Crippen molar-refractivity contribution >= 4 is 15.9 Å². The molecule has 0 unspecified atom stereocenters. The molecule has 3 N–H and O–H groups in total. The molecule has 0 amide bonds. The fourth-order valence-electron chi connectivity index (χ4n) is 1.60. The van der Waals surface area contributed by atoms with Crippen LogP contribution in [0.15, 0.2) is 9.40 Å². The van der Waals surface area contributed by atoms with Gasteiger partial charge in [-0.15, -0.1) is 0 Å². The van der Waals surface area contributed by atoms with Crippen LogP contribution >= 0.6 is 15.9 Å². The molecule has 2 rings (SSSR count). The first-order valence-electron chi connectivity index (χ1n) is 4.65. The molecule has 2 heterocycles. The summed E-state index contributed by atoms with van der Waals surface area (Å²) in [4.78, 5) is 18.7. The van der Waals surface area contributed by atoms with Gasteiger partial charge in [-0.1, -0.05) is 0 Å². The van der Waals surface area contributed by atoms with E-state index in [0.717, 1.165) is 43.0 Å². The quantitative estimate of drug-likeness (QED) is 0.695. The van der Waals surface area contributed by atoms with Crippen molar-refractivity contribution in [3.05, 3.63) is 20.8 Å². The predicted octanol–water partition coefficient (Wildman–Crippen LogP) is -0.129. The molecule has 1 aliphatic rings. The Balaban J connectivity index is 2.02. The van der Waals surface area contributed by atoms with Crippen molar-refractivity contribution in [1.29, 1.82) is 0 Å². The monoisotopic (exact) mass is 260 g/mol. The Labute approximate surface area is 90.0 Å². The minimum Gasteiger partial charge on any atom is -0.314 e. The first-order valence-corrected chi connectivity index (χ1v) is 5.45. The molecular weight excluding hydrogens is 248 g/mol. The smallest absolute Gasteiger partial charge is 0.314 e. The van der Waals surface area contributed by atoms with Crippen LogP contribution in [0.1, 0.15) is 5.69 Å². The second kappa shape index (κ2) is 4.29. The Bertz CT molecular complexity index is 352. The van der Waals surface area contributed by atoms with Crippen LogP contribution in [0, 0.1) is 0 Å². The van der Waals surface area contributed by atoms with Gasteiger partial charge >= 0.3 is 5.69 Å². The normalized spacial score (nSPS) is 18.6. The molecule has 0 spiro atoms. The largest absolute Gasteiger partial charge is 0.324 e. The summed E-state index contributed by atoms with van der Waals surface area (Å²) in [5.41, 5.74) is 0.777. The number of piperazine rings is 1. The van der Waals surface area contributed by atoms with E-state index in [1.807, 2.05) is 0 Å². The van der Waals surface area contributed by atoms with E-state index < -0.39 is 0 Å². The van der Waals surface area contributed by atoms with Crippen molar-refractivity contribution in [1.82, 2.24) is 20.2 Å². The van der Waals surface area contributed by atoms with Gasteiger partial charge in [-0.3, -0.25) is 4.90 Å². The van der Waals surface area contributed by atoms with Crippen LogP contribution in [0.3, 0.4) is 0 Å². The molecule has 6 heteroatoms. The van der Waals surface area contributed by atoms with Crippen molar-refractivity contribution in [2.45, 2.75) is 6.54 Å². The zero-order valence-corrected chi connectivity index (χ0v) is 9.35. The number of nitrogens with one attached hydrogen (secondary N) is 3. The molecule has 1 aromatic heterocycles. The van der Waals surface area contributed by atoms with Crippen molar-refractivity contribution in [3.63, 3.8) is 0 Å². The highest BCUT2D eigenvalue weighted by atomic mass is 79.9. The van der Waals surface area contributed by atoms with Crippen molar-refractivity contribution < 1.29 is 0 Å². The van der Waals surface area contributed by atoms with Crippen LogP contribution in [-0.2, 0) is 6.54 Å². The molecular formula is C8H13BrN4O. The summed E-state index contributed by atoms with van der Waals surface area (Å²) >= 11 is 3.31. The van der Waals surface area contributed by atoms with Gasteiger partial charge in [-0.05, 0) is 15.9 Å². The lowest BCUT2D eigenvalue weighted by Crippen LogP contribution is -2.43. The van der Waals surface area contributed by atoms with Gasteiger partial charge in [0.15, 0.2) is 0 Å². The maximum Gasteiger partial charge on any atom is 0.324 e. The molecule has 0 atom stereocenters. The molecule has 0 bridgehead atoms. The van der Waals surface area contributed by atoms with Gasteiger partial charge in [0.05, 0.1) is 5.69 Å². The van der Waals surface area contributed by atoms with Crippen molar-refractivity contribution in [2.75, 3.05) is 26.2 Å². The van der Waals surface area contributed by atoms with Gasteiger partial charge < -0.3 is 15.3 Å². The summed E-state index contributed by atoms with van der Waals surface area (Å²) in [5.74, 6) is 0. The van der Waals surface area contributed by atoms with E-state index in [1.165, 1.54) is 0 Å². The third kappa shape index (κ3) is 2.26. The zero-order chi connectivity index (χ0) is 9.97. The Morgan fingerprint density at radius 1 is 1.29 bits per heavy atom. The number of imidazole rings is 1. The van der Waals surface area contributed by atoms with Crippen LogP contribution in [0.25, 0.3) is 0 Å². The molecule has 14 heavy (non-hydrogen) atoms. The minimum atomic E-state index is -0.151. The van der Waals surface area contributed by atoms with Gasteiger partial charge in [0, 0.05) is 32.7 Å². The lowest BCUT2D eigenvalue weighted by Gasteiger charge is -2.26.